The standard InChI is InChI=1S/C18H20N2O4/c1-12(2)24-18(23)14-4-6-15(7-5-14)19-16(21)11-20-9-8-13(3)10-17(20)22/h4-10,12H,11H2,1-3H3,(H,19,21). The van der Waals surface area contributed by atoms with Crippen LogP contribution in [0.5, 0.6) is 0 Å². The van der Waals surface area contributed by atoms with Crippen molar-refractivity contribution in [1.29, 1.82) is 0 Å². The third-order valence-corrected chi connectivity index (χ3v) is 3.21. The lowest BCUT2D eigenvalue weighted by Crippen LogP contribution is -2.26. The van der Waals surface area contributed by atoms with Crippen LogP contribution in [0.25, 0.3) is 0 Å². The zero-order valence-electron chi connectivity index (χ0n) is 13.9. The van der Waals surface area contributed by atoms with Crippen LogP contribution in [-0.4, -0.2) is 22.5 Å². The van der Waals surface area contributed by atoms with E-state index in [0.29, 0.717) is 11.3 Å². The van der Waals surface area contributed by atoms with Gasteiger partial charge in [-0.2, -0.15) is 0 Å². The Bertz CT molecular complexity index is 791. The van der Waals surface area contributed by atoms with E-state index < -0.39 is 5.97 Å². The molecule has 0 spiro atoms. The van der Waals surface area contributed by atoms with Gasteiger partial charge in [0.1, 0.15) is 6.54 Å². The quantitative estimate of drug-likeness (QED) is 0.855. The van der Waals surface area contributed by atoms with Gasteiger partial charge in [-0.1, -0.05) is 0 Å². The number of rotatable bonds is 5. The first-order chi connectivity index (χ1) is 11.3. The molecule has 2 rings (SSSR count). The van der Waals surface area contributed by atoms with Gasteiger partial charge < -0.3 is 14.6 Å². The predicted octanol–water partition coefficient (Wildman–Crippen LogP) is 2.36. The number of pyridine rings is 1. The number of nitrogens with zero attached hydrogens (tertiary/aromatic N) is 1. The third kappa shape index (κ3) is 4.81. The lowest BCUT2D eigenvalue weighted by Gasteiger charge is -2.10. The zero-order valence-corrected chi connectivity index (χ0v) is 13.9. The molecule has 0 bridgehead atoms. The minimum absolute atomic E-state index is 0.0732. The number of carbonyl (C=O) groups is 2. The average Bonchev–Trinajstić information content (AvgIpc) is 2.50. The minimum Gasteiger partial charge on any atom is -0.459 e. The number of hydrogen-bond acceptors (Lipinski definition) is 4. The summed E-state index contributed by atoms with van der Waals surface area (Å²) in [7, 11) is 0. The summed E-state index contributed by atoms with van der Waals surface area (Å²) < 4.78 is 6.42. The molecule has 0 aliphatic heterocycles. The van der Waals surface area contributed by atoms with Crippen LogP contribution in [0.4, 0.5) is 5.69 Å². The second kappa shape index (κ2) is 7.59. The maximum Gasteiger partial charge on any atom is 0.338 e. The normalized spacial score (nSPS) is 10.5. The summed E-state index contributed by atoms with van der Waals surface area (Å²) in [6, 6.07) is 9.64. The van der Waals surface area contributed by atoms with Crippen LogP contribution in [0.15, 0.2) is 47.4 Å². The first kappa shape index (κ1) is 17.5. The molecule has 0 unspecified atom stereocenters. The predicted molar refractivity (Wildman–Crippen MR) is 91.1 cm³/mol. The summed E-state index contributed by atoms with van der Waals surface area (Å²) in [6.07, 6.45) is 1.40. The molecule has 0 aliphatic rings. The van der Waals surface area contributed by atoms with E-state index in [4.69, 9.17) is 4.74 Å². The van der Waals surface area contributed by atoms with Crippen molar-refractivity contribution in [2.45, 2.75) is 33.4 Å². The highest BCUT2D eigenvalue weighted by Crippen LogP contribution is 2.11. The monoisotopic (exact) mass is 328 g/mol. The first-order valence-electron chi connectivity index (χ1n) is 7.63. The van der Waals surface area contributed by atoms with E-state index >= 15 is 0 Å². The summed E-state index contributed by atoms with van der Waals surface area (Å²) in [5.74, 6) is -0.729. The molecule has 1 amide bonds. The molecule has 0 saturated carbocycles. The van der Waals surface area contributed by atoms with Crippen molar-refractivity contribution in [2.24, 2.45) is 0 Å². The Hall–Kier alpha value is -2.89. The molecule has 0 aliphatic carbocycles. The van der Waals surface area contributed by atoms with E-state index in [-0.39, 0.29) is 24.1 Å². The number of hydrogen-bond donors (Lipinski definition) is 1. The highest BCUT2D eigenvalue weighted by Gasteiger charge is 2.10. The Balaban J connectivity index is 1.99. The first-order valence-corrected chi connectivity index (χ1v) is 7.63. The smallest absolute Gasteiger partial charge is 0.338 e. The van der Waals surface area contributed by atoms with Crippen LogP contribution < -0.4 is 10.9 Å². The molecule has 6 heteroatoms. The van der Waals surface area contributed by atoms with Gasteiger partial charge in [0.05, 0.1) is 11.7 Å². The molecule has 1 aromatic carbocycles. The summed E-state index contributed by atoms with van der Waals surface area (Å²) in [5, 5.41) is 2.69. The topological polar surface area (TPSA) is 77.4 Å². The lowest BCUT2D eigenvalue weighted by molar-refractivity contribution is -0.116. The zero-order chi connectivity index (χ0) is 17.7. The third-order valence-electron chi connectivity index (χ3n) is 3.21. The fraction of sp³-hybridized carbons (Fsp3) is 0.278. The number of amides is 1. The largest absolute Gasteiger partial charge is 0.459 e. The summed E-state index contributed by atoms with van der Waals surface area (Å²) >= 11 is 0. The van der Waals surface area contributed by atoms with E-state index in [1.807, 2.05) is 6.92 Å². The van der Waals surface area contributed by atoms with Crippen molar-refractivity contribution in [1.82, 2.24) is 4.57 Å². The highest BCUT2D eigenvalue weighted by atomic mass is 16.5. The Morgan fingerprint density at radius 2 is 1.83 bits per heavy atom. The number of esters is 1. The Labute approximate surface area is 140 Å². The van der Waals surface area contributed by atoms with Gasteiger partial charge >= 0.3 is 5.97 Å². The molecule has 2 aromatic rings. The molecule has 1 heterocycles. The van der Waals surface area contributed by atoms with Crippen molar-refractivity contribution < 1.29 is 14.3 Å². The molecule has 126 valence electrons. The van der Waals surface area contributed by atoms with Gasteiger partial charge in [0.2, 0.25) is 5.91 Å². The van der Waals surface area contributed by atoms with E-state index in [2.05, 4.69) is 5.32 Å². The summed E-state index contributed by atoms with van der Waals surface area (Å²) in [6.45, 7) is 5.30. The molecule has 6 nitrogen and oxygen atoms in total. The summed E-state index contributed by atoms with van der Waals surface area (Å²) in [5.41, 5.74) is 1.58. The maximum atomic E-state index is 12.0. The van der Waals surface area contributed by atoms with Gasteiger partial charge in [0.15, 0.2) is 0 Å². The van der Waals surface area contributed by atoms with Gasteiger partial charge in [-0.3, -0.25) is 9.59 Å². The molecule has 1 aromatic heterocycles. The Morgan fingerprint density at radius 3 is 2.42 bits per heavy atom. The van der Waals surface area contributed by atoms with Crippen molar-refractivity contribution >= 4 is 17.6 Å². The summed E-state index contributed by atoms with van der Waals surface area (Å²) in [4.78, 5) is 35.5. The molecule has 24 heavy (non-hydrogen) atoms. The molecule has 0 saturated heterocycles. The lowest BCUT2D eigenvalue weighted by atomic mass is 10.2. The second-order valence-electron chi connectivity index (χ2n) is 5.75. The van der Waals surface area contributed by atoms with Gasteiger partial charge in [-0.15, -0.1) is 0 Å². The van der Waals surface area contributed by atoms with E-state index in [0.717, 1.165) is 5.56 Å². The molecule has 0 radical (unpaired) electrons. The Morgan fingerprint density at radius 1 is 1.17 bits per heavy atom. The number of nitrogens with one attached hydrogen (secondary N) is 1. The van der Waals surface area contributed by atoms with E-state index in [1.54, 1.807) is 50.4 Å². The fourth-order valence-electron chi connectivity index (χ4n) is 2.06. The number of anilines is 1. The van der Waals surface area contributed by atoms with Crippen molar-refractivity contribution in [3.63, 3.8) is 0 Å². The minimum atomic E-state index is -0.408. The van der Waals surface area contributed by atoms with Gasteiger partial charge in [-0.25, -0.2) is 4.79 Å². The molecular formula is C18H20N2O4. The second-order valence-corrected chi connectivity index (χ2v) is 5.75. The highest BCUT2D eigenvalue weighted by molar-refractivity contribution is 5.93. The van der Waals surface area contributed by atoms with E-state index in [1.165, 1.54) is 10.6 Å². The molecular weight excluding hydrogens is 308 g/mol. The maximum absolute atomic E-state index is 12.0. The van der Waals surface area contributed by atoms with Crippen LogP contribution in [0.1, 0.15) is 29.8 Å². The Kier molecular flexibility index (Phi) is 5.52. The van der Waals surface area contributed by atoms with Gasteiger partial charge in [0.25, 0.3) is 5.56 Å². The van der Waals surface area contributed by atoms with Crippen molar-refractivity contribution in [3.8, 4) is 0 Å². The molecule has 1 N–H and O–H groups in total. The molecule has 0 fully saturated rings. The van der Waals surface area contributed by atoms with Crippen molar-refractivity contribution in [3.05, 3.63) is 64.1 Å². The molecule has 0 atom stereocenters. The number of carbonyl (C=O) groups excluding carboxylic acids is 2. The van der Waals surface area contributed by atoms with Gasteiger partial charge in [0, 0.05) is 18.0 Å². The average molecular weight is 328 g/mol. The van der Waals surface area contributed by atoms with E-state index in [9.17, 15) is 14.4 Å². The number of benzene rings is 1. The SMILES string of the molecule is Cc1ccn(CC(=O)Nc2ccc(C(=O)OC(C)C)cc2)c(=O)c1. The van der Waals surface area contributed by atoms with Crippen LogP contribution in [0.2, 0.25) is 0 Å². The van der Waals surface area contributed by atoms with Gasteiger partial charge in [-0.05, 0) is 56.7 Å². The van der Waals surface area contributed by atoms with Crippen LogP contribution in [0, 0.1) is 6.92 Å². The van der Waals surface area contributed by atoms with Crippen LogP contribution in [-0.2, 0) is 16.1 Å². The van der Waals surface area contributed by atoms with Crippen molar-refractivity contribution in [2.75, 3.05) is 5.32 Å². The van der Waals surface area contributed by atoms with Crippen LogP contribution >= 0.6 is 0 Å². The van der Waals surface area contributed by atoms with Crippen LogP contribution in [0.3, 0.4) is 0 Å². The fourth-order valence-corrected chi connectivity index (χ4v) is 2.06. The number of aryl methyl sites for hydroxylation is 1. The number of ether oxygens (including phenoxy) is 1. The number of aromatic nitrogens is 1.